The number of aromatic nitrogens is 2. The monoisotopic (exact) mass is 260 g/mol. The minimum absolute atomic E-state index is 0.220. The minimum atomic E-state index is -0.220. The lowest BCUT2D eigenvalue weighted by Gasteiger charge is -2.18. The lowest BCUT2D eigenvalue weighted by molar-refractivity contribution is 0.627. The van der Waals surface area contributed by atoms with Crippen LogP contribution >= 0.6 is 0 Å². The van der Waals surface area contributed by atoms with Crippen LogP contribution in [0.3, 0.4) is 0 Å². The molecule has 5 heteroatoms. The Bertz CT molecular complexity index is 527. The van der Waals surface area contributed by atoms with Crippen molar-refractivity contribution in [2.45, 2.75) is 13.1 Å². The maximum atomic E-state index is 12.8. The number of halogens is 1. The summed E-state index contributed by atoms with van der Waals surface area (Å²) in [7, 11) is 3.81. The SMILES string of the molecule is CNCc1cncc(N(C)Cc2ccc(F)cc2)n1. The lowest BCUT2D eigenvalue weighted by Crippen LogP contribution is -2.19. The molecule has 0 saturated carbocycles. The third-order valence-corrected chi connectivity index (χ3v) is 2.75. The van der Waals surface area contributed by atoms with E-state index in [1.165, 1.54) is 12.1 Å². The number of rotatable bonds is 5. The summed E-state index contributed by atoms with van der Waals surface area (Å²) in [4.78, 5) is 10.7. The number of hydrogen-bond acceptors (Lipinski definition) is 4. The largest absolute Gasteiger partial charge is 0.354 e. The van der Waals surface area contributed by atoms with Gasteiger partial charge in [-0.3, -0.25) is 4.98 Å². The number of nitrogens with one attached hydrogen (secondary N) is 1. The molecule has 0 aliphatic carbocycles. The van der Waals surface area contributed by atoms with E-state index in [0.29, 0.717) is 13.1 Å². The van der Waals surface area contributed by atoms with Gasteiger partial charge in [-0.25, -0.2) is 9.37 Å². The van der Waals surface area contributed by atoms with Gasteiger partial charge in [0.2, 0.25) is 0 Å². The van der Waals surface area contributed by atoms with E-state index < -0.39 is 0 Å². The molecular weight excluding hydrogens is 243 g/mol. The summed E-state index contributed by atoms with van der Waals surface area (Å²) in [6.07, 6.45) is 3.47. The van der Waals surface area contributed by atoms with Crippen molar-refractivity contribution < 1.29 is 4.39 Å². The van der Waals surface area contributed by atoms with Crippen molar-refractivity contribution in [1.82, 2.24) is 15.3 Å². The van der Waals surface area contributed by atoms with E-state index in [1.54, 1.807) is 24.5 Å². The summed E-state index contributed by atoms with van der Waals surface area (Å²) >= 11 is 0. The van der Waals surface area contributed by atoms with Gasteiger partial charge in [-0.15, -0.1) is 0 Å². The van der Waals surface area contributed by atoms with Gasteiger partial charge in [0.05, 0.1) is 11.9 Å². The Labute approximate surface area is 112 Å². The summed E-state index contributed by atoms with van der Waals surface area (Å²) in [6, 6.07) is 6.48. The number of nitrogens with zero attached hydrogens (tertiary/aromatic N) is 3. The molecule has 1 aromatic carbocycles. The normalized spacial score (nSPS) is 10.5. The third kappa shape index (κ3) is 3.72. The molecule has 0 unspecified atom stereocenters. The Balaban J connectivity index is 2.08. The topological polar surface area (TPSA) is 41.1 Å². The molecule has 100 valence electrons. The Hall–Kier alpha value is -2.01. The second kappa shape index (κ2) is 6.24. The van der Waals surface area contributed by atoms with Crippen LogP contribution < -0.4 is 10.2 Å². The highest BCUT2D eigenvalue weighted by molar-refractivity contribution is 5.36. The summed E-state index contributed by atoms with van der Waals surface area (Å²) in [5.41, 5.74) is 1.93. The molecule has 0 amide bonds. The first kappa shape index (κ1) is 13.4. The molecular formula is C14H17FN4. The van der Waals surface area contributed by atoms with Crippen molar-refractivity contribution in [3.63, 3.8) is 0 Å². The van der Waals surface area contributed by atoms with Crippen LogP contribution in [0.15, 0.2) is 36.7 Å². The Morgan fingerprint density at radius 3 is 2.63 bits per heavy atom. The first-order valence-corrected chi connectivity index (χ1v) is 6.10. The van der Waals surface area contributed by atoms with Gasteiger partial charge in [-0.1, -0.05) is 12.1 Å². The zero-order valence-electron chi connectivity index (χ0n) is 11.1. The van der Waals surface area contributed by atoms with Gasteiger partial charge in [0, 0.05) is 26.3 Å². The summed E-state index contributed by atoms with van der Waals surface area (Å²) in [6.45, 7) is 1.35. The molecule has 0 radical (unpaired) electrons. The zero-order valence-corrected chi connectivity index (χ0v) is 11.1. The van der Waals surface area contributed by atoms with Crippen molar-refractivity contribution >= 4 is 5.82 Å². The van der Waals surface area contributed by atoms with Gasteiger partial charge in [-0.2, -0.15) is 0 Å². The van der Waals surface area contributed by atoms with Crippen LogP contribution in [-0.4, -0.2) is 24.1 Å². The molecule has 19 heavy (non-hydrogen) atoms. The zero-order chi connectivity index (χ0) is 13.7. The Kier molecular flexibility index (Phi) is 4.41. The molecule has 0 aliphatic rings. The first-order valence-electron chi connectivity index (χ1n) is 6.10. The van der Waals surface area contributed by atoms with Gasteiger partial charge in [-0.05, 0) is 24.7 Å². The quantitative estimate of drug-likeness (QED) is 0.892. The van der Waals surface area contributed by atoms with E-state index in [0.717, 1.165) is 17.1 Å². The lowest BCUT2D eigenvalue weighted by atomic mass is 10.2. The second-order valence-electron chi connectivity index (χ2n) is 4.38. The molecule has 0 atom stereocenters. The standard InChI is InChI=1S/C14H17FN4/c1-16-7-13-8-17-9-14(18-13)19(2)10-11-3-5-12(15)6-4-11/h3-6,8-9,16H,7,10H2,1-2H3. The van der Waals surface area contributed by atoms with Gasteiger partial charge >= 0.3 is 0 Å². The summed E-state index contributed by atoms with van der Waals surface area (Å²) < 4.78 is 12.8. The van der Waals surface area contributed by atoms with Crippen LogP contribution in [0.25, 0.3) is 0 Å². The second-order valence-corrected chi connectivity index (χ2v) is 4.38. The summed E-state index contributed by atoms with van der Waals surface area (Å²) in [5, 5.41) is 3.04. The fourth-order valence-electron chi connectivity index (χ4n) is 1.79. The highest BCUT2D eigenvalue weighted by Crippen LogP contribution is 2.12. The van der Waals surface area contributed by atoms with Crippen molar-refractivity contribution in [3.8, 4) is 0 Å². The Morgan fingerprint density at radius 1 is 1.21 bits per heavy atom. The fraction of sp³-hybridized carbons (Fsp3) is 0.286. The maximum absolute atomic E-state index is 12.8. The number of hydrogen-bond donors (Lipinski definition) is 1. The molecule has 1 N–H and O–H groups in total. The van der Waals surface area contributed by atoms with Gasteiger partial charge in [0.25, 0.3) is 0 Å². The molecule has 0 aliphatic heterocycles. The highest BCUT2D eigenvalue weighted by atomic mass is 19.1. The van der Waals surface area contributed by atoms with Crippen LogP contribution in [0.5, 0.6) is 0 Å². The number of benzene rings is 1. The average Bonchev–Trinajstić information content (AvgIpc) is 2.42. The van der Waals surface area contributed by atoms with Gasteiger partial charge < -0.3 is 10.2 Å². The summed E-state index contributed by atoms with van der Waals surface area (Å²) in [5.74, 6) is 0.583. The molecule has 1 aromatic heterocycles. The van der Waals surface area contributed by atoms with Gasteiger partial charge in [0.15, 0.2) is 0 Å². The molecule has 0 fully saturated rings. The van der Waals surface area contributed by atoms with E-state index >= 15 is 0 Å². The molecule has 0 bridgehead atoms. The predicted octanol–water partition coefficient (Wildman–Crippen LogP) is 1.97. The van der Waals surface area contributed by atoms with E-state index in [2.05, 4.69) is 15.3 Å². The molecule has 4 nitrogen and oxygen atoms in total. The Morgan fingerprint density at radius 2 is 1.95 bits per heavy atom. The van der Waals surface area contributed by atoms with Crippen LogP contribution in [0.2, 0.25) is 0 Å². The fourth-order valence-corrected chi connectivity index (χ4v) is 1.79. The molecule has 0 spiro atoms. The van der Waals surface area contributed by atoms with E-state index in [4.69, 9.17) is 0 Å². The average molecular weight is 260 g/mol. The smallest absolute Gasteiger partial charge is 0.147 e. The predicted molar refractivity (Wildman–Crippen MR) is 73.3 cm³/mol. The van der Waals surface area contributed by atoms with Crippen LogP contribution in [0.1, 0.15) is 11.3 Å². The molecule has 1 heterocycles. The molecule has 2 rings (SSSR count). The van der Waals surface area contributed by atoms with Crippen LogP contribution in [0, 0.1) is 5.82 Å². The van der Waals surface area contributed by atoms with Crippen LogP contribution in [-0.2, 0) is 13.1 Å². The molecule has 0 saturated heterocycles. The molecule has 2 aromatic rings. The maximum Gasteiger partial charge on any atom is 0.147 e. The first-order chi connectivity index (χ1) is 9.19. The minimum Gasteiger partial charge on any atom is -0.354 e. The number of anilines is 1. The van der Waals surface area contributed by atoms with Crippen molar-refractivity contribution in [3.05, 3.63) is 53.7 Å². The van der Waals surface area contributed by atoms with Crippen molar-refractivity contribution in [2.24, 2.45) is 0 Å². The van der Waals surface area contributed by atoms with Gasteiger partial charge in [0.1, 0.15) is 11.6 Å². The van der Waals surface area contributed by atoms with Crippen molar-refractivity contribution in [2.75, 3.05) is 19.0 Å². The van der Waals surface area contributed by atoms with E-state index in [1.807, 2.05) is 19.0 Å². The van der Waals surface area contributed by atoms with Crippen molar-refractivity contribution in [1.29, 1.82) is 0 Å². The van der Waals surface area contributed by atoms with Crippen LogP contribution in [0.4, 0.5) is 10.2 Å². The van der Waals surface area contributed by atoms with E-state index in [9.17, 15) is 4.39 Å². The third-order valence-electron chi connectivity index (χ3n) is 2.75. The highest BCUT2D eigenvalue weighted by Gasteiger charge is 2.05. The van der Waals surface area contributed by atoms with E-state index in [-0.39, 0.29) is 5.82 Å².